The molecule has 272 valence electrons. The second-order valence-corrected chi connectivity index (χ2v) is 15.0. The van der Waals surface area contributed by atoms with E-state index in [-0.39, 0.29) is 0 Å². The molecule has 0 aromatic heterocycles. The van der Waals surface area contributed by atoms with Crippen molar-refractivity contribution >= 4 is 0 Å². The molecule has 0 bridgehead atoms. The van der Waals surface area contributed by atoms with Gasteiger partial charge in [0.25, 0.3) is 0 Å². The highest BCUT2D eigenvalue weighted by molar-refractivity contribution is 4.93. The topological polar surface area (TPSA) is 60.7 Å². The zero-order valence-electron chi connectivity index (χ0n) is 31.5. The molecule has 0 aliphatic rings. The Labute approximate surface area is 284 Å². The molecule has 3 heteroatoms. The van der Waals surface area contributed by atoms with Gasteiger partial charge in [-0.15, -0.1) is 0 Å². The highest BCUT2D eigenvalue weighted by Gasteiger charge is 2.41. The first-order chi connectivity index (χ1) is 22.0. The van der Waals surface area contributed by atoms with Gasteiger partial charge >= 0.3 is 0 Å². The van der Waals surface area contributed by atoms with Crippen LogP contribution < -0.4 is 0 Å². The Hall–Kier alpha value is -0.120. The van der Waals surface area contributed by atoms with Crippen LogP contribution in [0.1, 0.15) is 252 Å². The molecule has 0 aromatic carbocycles. The van der Waals surface area contributed by atoms with Crippen LogP contribution in [0.3, 0.4) is 0 Å². The number of aliphatic hydroxyl groups excluding tert-OH is 2. The maximum absolute atomic E-state index is 11.7. The van der Waals surface area contributed by atoms with Gasteiger partial charge in [0.05, 0.1) is 12.2 Å². The van der Waals surface area contributed by atoms with Crippen molar-refractivity contribution in [3.05, 3.63) is 0 Å². The second-order valence-electron chi connectivity index (χ2n) is 15.0. The Morgan fingerprint density at radius 3 is 0.756 bits per heavy atom. The summed E-state index contributed by atoms with van der Waals surface area (Å²) in [6.45, 7) is 6.82. The summed E-state index contributed by atoms with van der Waals surface area (Å²) >= 11 is 0. The number of rotatable bonds is 38. The quantitative estimate of drug-likeness (QED) is 0.0590. The van der Waals surface area contributed by atoms with Crippen LogP contribution in [0.25, 0.3) is 0 Å². The lowest BCUT2D eigenvalue weighted by Gasteiger charge is -2.38. The van der Waals surface area contributed by atoms with Crippen LogP contribution in [-0.4, -0.2) is 33.1 Å². The minimum atomic E-state index is -1.35. The lowest BCUT2D eigenvalue weighted by atomic mass is 9.80. The van der Waals surface area contributed by atoms with E-state index in [9.17, 15) is 15.3 Å². The zero-order valence-corrected chi connectivity index (χ0v) is 31.5. The number of aliphatic hydroxyl groups is 3. The van der Waals surface area contributed by atoms with E-state index in [0.717, 1.165) is 38.5 Å². The second kappa shape index (κ2) is 35.2. The van der Waals surface area contributed by atoms with E-state index in [1.807, 2.05) is 0 Å². The maximum atomic E-state index is 11.7. The van der Waals surface area contributed by atoms with Crippen LogP contribution in [-0.2, 0) is 0 Å². The standard InChI is InChI=1S/C42H86O3/c1-4-7-10-13-16-19-21-22-24-26-29-32-35-38-41(44)42(45,39-36-33-30-27-18-15-12-9-6-3)40(43)37-34-31-28-25-23-20-17-14-11-8-5-2/h40-41,43-45H,4-39H2,1-3H3. The molecule has 0 fully saturated rings. The van der Waals surface area contributed by atoms with E-state index < -0.39 is 17.8 Å². The zero-order chi connectivity index (χ0) is 33.1. The summed E-state index contributed by atoms with van der Waals surface area (Å²) in [5.41, 5.74) is -1.35. The molecule has 0 aliphatic carbocycles. The average Bonchev–Trinajstić information content (AvgIpc) is 3.04. The maximum Gasteiger partial charge on any atom is 0.116 e. The summed E-state index contributed by atoms with van der Waals surface area (Å²) in [6, 6.07) is 0. The third kappa shape index (κ3) is 28.6. The van der Waals surface area contributed by atoms with Gasteiger partial charge in [-0.05, 0) is 19.3 Å². The third-order valence-electron chi connectivity index (χ3n) is 10.5. The summed E-state index contributed by atoms with van der Waals surface area (Å²) in [5, 5.41) is 34.1. The Bertz CT molecular complexity index is 552. The van der Waals surface area contributed by atoms with E-state index >= 15 is 0 Å². The van der Waals surface area contributed by atoms with Crippen molar-refractivity contribution in [3.8, 4) is 0 Å². The molecule has 3 unspecified atom stereocenters. The molecule has 0 heterocycles. The van der Waals surface area contributed by atoms with Gasteiger partial charge in [0.1, 0.15) is 5.60 Å². The van der Waals surface area contributed by atoms with E-state index in [1.54, 1.807) is 0 Å². The van der Waals surface area contributed by atoms with Crippen LogP contribution in [0.5, 0.6) is 0 Å². The van der Waals surface area contributed by atoms with Gasteiger partial charge in [0.2, 0.25) is 0 Å². The molecular formula is C42H86O3. The van der Waals surface area contributed by atoms with Crippen molar-refractivity contribution in [1.82, 2.24) is 0 Å². The summed E-state index contributed by atoms with van der Waals surface area (Å²) < 4.78 is 0. The van der Waals surface area contributed by atoms with E-state index in [2.05, 4.69) is 20.8 Å². The van der Waals surface area contributed by atoms with Gasteiger partial charge in [-0.1, -0.05) is 233 Å². The fourth-order valence-corrected chi connectivity index (χ4v) is 7.13. The lowest BCUT2D eigenvalue weighted by Crippen LogP contribution is -2.52. The molecule has 0 spiro atoms. The Morgan fingerprint density at radius 2 is 0.511 bits per heavy atom. The van der Waals surface area contributed by atoms with Gasteiger partial charge < -0.3 is 15.3 Å². The SMILES string of the molecule is CCCCCCCCCCCCCCCC(O)C(O)(CCCCCCCCCCC)C(O)CCCCCCCCCCCCC. The van der Waals surface area contributed by atoms with Crippen LogP contribution >= 0.6 is 0 Å². The summed E-state index contributed by atoms with van der Waals surface area (Å²) in [7, 11) is 0. The van der Waals surface area contributed by atoms with Gasteiger partial charge in [0.15, 0.2) is 0 Å². The fourth-order valence-electron chi connectivity index (χ4n) is 7.13. The largest absolute Gasteiger partial charge is 0.390 e. The summed E-state index contributed by atoms with van der Waals surface area (Å²) in [4.78, 5) is 0. The third-order valence-corrected chi connectivity index (χ3v) is 10.5. The molecule has 0 radical (unpaired) electrons. The number of hydrogen-bond acceptors (Lipinski definition) is 3. The first-order valence-corrected chi connectivity index (χ1v) is 21.1. The van der Waals surface area contributed by atoms with Gasteiger partial charge in [-0.25, -0.2) is 0 Å². The van der Waals surface area contributed by atoms with Crippen molar-refractivity contribution in [1.29, 1.82) is 0 Å². The first kappa shape index (κ1) is 44.9. The van der Waals surface area contributed by atoms with Crippen LogP contribution in [0.2, 0.25) is 0 Å². The molecule has 45 heavy (non-hydrogen) atoms. The molecule has 3 atom stereocenters. The molecule has 0 rings (SSSR count). The minimum absolute atomic E-state index is 0.529. The summed E-state index contributed by atoms with van der Waals surface area (Å²) in [6.07, 6.45) is 42.3. The molecule has 0 saturated carbocycles. The summed E-state index contributed by atoms with van der Waals surface area (Å²) in [5.74, 6) is 0. The lowest BCUT2D eigenvalue weighted by molar-refractivity contribution is -0.156. The van der Waals surface area contributed by atoms with Gasteiger partial charge in [-0.3, -0.25) is 0 Å². The minimum Gasteiger partial charge on any atom is -0.390 e. The van der Waals surface area contributed by atoms with Gasteiger partial charge in [-0.2, -0.15) is 0 Å². The van der Waals surface area contributed by atoms with Crippen molar-refractivity contribution < 1.29 is 15.3 Å². The van der Waals surface area contributed by atoms with E-state index in [4.69, 9.17) is 0 Å². The molecular weight excluding hydrogens is 552 g/mol. The molecule has 0 aromatic rings. The van der Waals surface area contributed by atoms with Crippen molar-refractivity contribution in [2.45, 2.75) is 270 Å². The monoisotopic (exact) mass is 639 g/mol. The highest BCUT2D eigenvalue weighted by Crippen LogP contribution is 2.30. The predicted octanol–water partition coefficient (Wildman–Crippen LogP) is 13.5. The van der Waals surface area contributed by atoms with Crippen molar-refractivity contribution in [2.75, 3.05) is 0 Å². The van der Waals surface area contributed by atoms with Crippen LogP contribution in [0.4, 0.5) is 0 Å². The Morgan fingerprint density at radius 1 is 0.311 bits per heavy atom. The predicted molar refractivity (Wildman–Crippen MR) is 200 cm³/mol. The highest BCUT2D eigenvalue weighted by atomic mass is 16.4. The molecule has 3 nitrogen and oxygen atoms in total. The van der Waals surface area contributed by atoms with Crippen molar-refractivity contribution in [2.24, 2.45) is 0 Å². The molecule has 3 N–H and O–H groups in total. The molecule has 0 saturated heterocycles. The normalized spacial score (nSPS) is 14.5. The Balaban J connectivity index is 4.34. The first-order valence-electron chi connectivity index (χ1n) is 21.1. The molecule has 0 amide bonds. The van der Waals surface area contributed by atoms with Crippen LogP contribution in [0.15, 0.2) is 0 Å². The fraction of sp³-hybridized carbons (Fsp3) is 1.00. The number of unbranched alkanes of at least 4 members (excludes halogenated alkanes) is 30. The van der Waals surface area contributed by atoms with E-state index in [1.165, 1.54) is 173 Å². The Kier molecular flexibility index (Phi) is 35.1. The van der Waals surface area contributed by atoms with Gasteiger partial charge in [0, 0.05) is 0 Å². The van der Waals surface area contributed by atoms with Crippen molar-refractivity contribution in [3.63, 3.8) is 0 Å². The number of hydrogen-bond donors (Lipinski definition) is 3. The molecule has 0 aliphatic heterocycles. The average molecular weight is 639 g/mol. The van der Waals surface area contributed by atoms with Crippen LogP contribution in [0, 0.1) is 0 Å². The smallest absolute Gasteiger partial charge is 0.116 e. The van der Waals surface area contributed by atoms with E-state index in [0.29, 0.717) is 19.3 Å².